The predicted octanol–water partition coefficient (Wildman–Crippen LogP) is 1.84. The molecule has 0 amide bonds. The molecule has 1 atom stereocenters. The van der Waals surface area contributed by atoms with Gasteiger partial charge in [0.1, 0.15) is 6.54 Å². The van der Waals surface area contributed by atoms with E-state index in [4.69, 9.17) is 5.84 Å². The van der Waals surface area contributed by atoms with E-state index >= 15 is 0 Å². The molecule has 0 bridgehead atoms. The molecule has 0 aromatic heterocycles. The fraction of sp³-hybridized carbons (Fsp3) is 0.133. The summed E-state index contributed by atoms with van der Waals surface area (Å²) in [6.07, 6.45) is 0. The Kier molecular flexibility index (Phi) is 3.23. The average molecular weight is 268 g/mol. The van der Waals surface area contributed by atoms with E-state index < -0.39 is 4.86 Å². The summed E-state index contributed by atoms with van der Waals surface area (Å²) in [4.78, 5) is 3.48. The summed E-state index contributed by atoms with van der Waals surface area (Å²) < 4.78 is 0. The van der Waals surface area contributed by atoms with Gasteiger partial charge in [-0.25, -0.2) is 0 Å². The molecule has 1 aliphatic heterocycles. The predicted molar refractivity (Wildman–Crippen MR) is 77.8 cm³/mol. The summed E-state index contributed by atoms with van der Waals surface area (Å²) in [5.41, 5.74) is 5.67. The molecule has 1 heterocycles. The van der Waals surface area contributed by atoms with E-state index in [1.165, 1.54) is 0 Å². The first-order chi connectivity index (χ1) is 9.64. The Balaban J connectivity index is 1.92. The zero-order chi connectivity index (χ0) is 14.0. The SMILES string of the molecule is N[N+]1([O-])Cc2ccccc2C(=NCc2ccccc2)N1. The van der Waals surface area contributed by atoms with Crippen LogP contribution in [0.1, 0.15) is 16.7 Å². The van der Waals surface area contributed by atoms with Crippen molar-refractivity contribution in [2.75, 3.05) is 0 Å². The zero-order valence-corrected chi connectivity index (χ0v) is 11.0. The maximum Gasteiger partial charge on any atom is 0.179 e. The van der Waals surface area contributed by atoms with Crippen LogP contribution < -0.4 is 11.3 Å². The average Bonchev–Trinajstić information content (AvgIpc) is 2.45. The van der Waals surface area contributed by atoms with Crippen molar-refractivity contribution in [2.45, 2.75) is 13.1 Å². The molecule has 0 aliphatic carbocycles. The maximum atomic E-state index is 12.0. The molecular weight excluding hydrogens is 252 g/mol. The third-order valence-corrected chi connectivity index (χ3v) is 3.24. The second-order valence-electron chi connectivity index (χ2n) is 4.87. The van der Waals surface area contributed by atoms with E-state index in [1.807, 2.05) is 54.6 Å². The minimum atomic E-state index is -1.02. The van der Waals surface area contributed by atoms with Gasteiger partial charge >= 0.3 is 0 Å². The van der Waals surface area contributed by atoms with E-state index in [0.717, 1.165) is 16.7 Å². The van der Waals surface area contributed by atoms with Crippen molar-refractivity contribution in [1.29, 1.82) is 0 Å². The number of benzene rings is 2. The van der Waals surface area contributed by atoms with Gasteiger partial charge in [-0.1, -0.05) is 54.6 Å². The first-order valence-electron chi connectivity index (χ1n) is 6.47. The number of nitrogens with one attached hydrogen (secondary N) is 1. The van der Waals surface area contributed by atoms with Crippen LogP contribution in [-0.4, -0.2) is 10.7 Å². The Morgan fingerprint density at radius 3 is 2.60 bits per heavy atom. The number of rotatable bonds is 2. The number of quaternary nitrogens is 1. The van der Waals surface area contributed by atoms with Gasteiger partial charge in [0.05, 0.1) is 6.54 Å². The van der Waals surface area contributed by atoms with Gasteiger partial charge in [0.15, 0.2) is 5.84 Å². The van der Waals surface area contributed by atoms with Gasteiger partial charge in [-0.05, 0) is 5.56 Å². The van der Waals surface area contributed by atoms with Gasteiger partial charge in [0.25, 0.3) is 0 Å². The summed E-state index contributed by atoms with van der Waals surface area (Å²) in [6.45, 7) is 0.706. The number of hydrogen-bond acceptors (Lipinski definition) is 3. The summed E-state index contributed by atoms with van der Waals surface area (Å²) in [7, 11) is 0. The van der Waals surface area contributed by atoms with Crippen molar-refractivity contribution in [3.05, 3.63) is 76.5 Å². The highest BCUT2D eigenvalue weighted by Crippen LogP contribution is 2.18. The van der Waals surface area contributed by atoms with Crippen LogP contribution in [-0.2, 0) is 13.1 Å². The number of aliphatic imine (C=N–C) groups is 1. The Morgan fingerprint density at radius 2 is 1.80 bits per heavy atom. The summed E-state index contributed by atoms with van der Waals surface area (Å²) in [5.74, 6) is 6.19. The number of nitrogens with zero attached hydrogens (tertiary/aromatic N) is 2. The Bertz CT molecular complexity index is 637. The van der Waals surface area contributed by atoms with Gasteiger partial charge in [0, 0.05) is 11.1 Å². The van der Waals surface area contributed by atoms with Crippen LogP contribution in [0, 0.1) is 5.21 Å². The van der Waals surface area contributed by atoms with Crippen LogP contribution in [0.15, 0.2) is 59.6 Å². The number of fused-ring (bicyclic) bond motifs is 1. The van der Waals surface area contributed by atoms with E-state index in [9.17, 15) is 5.21 Å². The fourth-order valence-electron chi connectivity index (χ4n) is 2.30. The van der Waals surface area contributed by atoms with Crippen LogP contribution >= 0.6 is 0 Å². The lowest BCUT2D eigenvalue weighted by Gasteiger charge is -2.40. The van der Waals surface area contributed by atoms with Gasteiger partial charge in [-0.15, -0.1) is 0 Å². The standard InChI is InChI=1S/C15H16N4O/c16-19(20)11-13-8-4-5-9-14(13)15(18-19)17-10-12-6-2-1-3-7-12/h1-9H,10-11,16H2,(H,17,18). The molecule has 20 heavy (non-hydrogen) atoms. The number of hydroxylamine groups is 1. The van der Waals surface area contributed by atoms with Gasteiger partial charge in [0.2, 0.25) is 0 Å². The van der Waals surface area contributed by atoms with Crippen molar-refractivity contribution in [3.63, 3.8) is 0 Å². The maximum absolute atomic E-state index is 12.0. The van der Waals surface area contributed by atoms with Crippen LogP contribution in [0.25, 0.3) is 0 Å². The molecule has 0 saturated heterocycles. The highest BCUT2D eigenvalue weighted by atomic mass is 16.6. The van der Waals surface area contributed by atoms with Gasteiger partial charge in [-0.2, -0.15) is 16.1 Å². The summed E-state index contributed by atoms with van der Waals surface area (Å²) >= 11 is 0. The monoisotopic (exact) mass is 268 g/mol. The van der Waals surface area contributed by atoms with Crippen LogP contribution in [0.4, 0.5) is 0 Å². The topological polar surface area (TPSA) is 73.5 Å². The van der Waals surface area contributed by atoms with E-state index in [0.29, 0.717) is 12.4 Å². The Hall–Kier alpha value is -2.21. The third-order valence-electron chi connectivity index (χ3n) is 3.24. The third kappa shape index (κ3) is 2.70. The van der Waals surface area contributed by atoms with E-state index in [2.05, 4.69) is 10.4 Å². The second kappa shape index (κ2) is 5.05. The van der Waals surface area contributed by atoms with Crippen molar-refractivity contribution in [2.24, 2.45) is 10.8 Å². The molecule has 5 nitrogen and oxygen atoms in total. The lowest BCUT2D eigenvalue weighted by atomic mass is 10.1. The van der Waals surface area contributed by atoms with E-state index in [1.54, 1.807) is 0 Å². The second-order valence-corrected chi connectivity index (χ2v) is 4.87. The van der Waals surface area contributed by atoms with Crippen molar-refractivity contribution in [3.8, 4) is 0 Å². The molecule has 0 radical (unpaired) electrons. The minimum absolute atomic E-state index is 0.195. The molecule has 0 fully saturated rings. The molecule has 2 aromatic carbocycles. The summed E-state index contributed by atoms with van der Waals surface area (Å²) in [5, 5.41) is 12.0. The number of amidine groups is 1. The number of nitrogens with two attached hydrogens (primary N) is 1. The van der Waals surface area contributed by atoms with Crippen LogP contribution in [0.2, 0.25) is 0 Å². The summed E-state index contributed by atoms with van der Waals surface area (Å²) in [6, 6.07) is 17.6. The zero-order valence-electron chi connectivity index (χ0n) is 11.0. The lowest BCUT2D eigenvalue weighted by molar-refractivity contribution is -0.940. The molecule has 2 aromatic rings. The normalized spacial score (nSPS) is 23.2. The fourth-order valence-corrected chi connectivity index (χ4v) is 2.30. The highest BCUT2D eigenvalue weighted by Gasteiger charge is 2.26. The lowest BCUT2D eigenvalue weighted by Crippen LogP contribution is -2.63. The molecule has 102 valence electrons. The smallest absolute Gasteiger partial charge is 0.179 e. The van der Waals surface area contributed by atoms with E-state index in [-0.39, 0.29) is 6.54 Å². The molecular formula is C15H16N4O. The Morgan fingerprint density at radius 1 is 1.10 bits per heavy atom. The minimum Gasteiger partial charge on any atom is -0.586 e. The van der Waals surface area contributed by atoms with Crippen molar-refractivity contribution in [1.82, 2.24) is 5.43 Å². The molecule has 1 unspecified atom stereocenters. The molecule has 0 saturated carbocycles. The molecule has 1 aliphatic rings. The first kappa shape index (κ1) is 12.8. The van der Waals surface area contributed by atoms with Crippen molar-refractivity contribution >= 4 is 5.84 Å². The molecule has 5 heteroatoms. The van der Waals surface area contributed by atoms with Gasteiger partial charge in [-0.3, -0.25) is 4.99 Å². The molecule has 3 N–H and O–H groups in total. The molecule has 0 spiro atoms. The van der Waals surface area contributed by atoms with Crippen molar-refractivity contribution < 1.29 is 4.86 Å². The van der Waals surface area contributed by atoms with Crippen LogP contribution in [0.5, 0.6) is 0 Å². The quantitative estimate of drug-likeness (QED) is 0.496. The van der Waals surface area contributed by atoms with Crippen LogP contribution in [0.3, 0.4) is 0 Å². The van der Waals surface area contributed by atoms with Gasteiger partial charge < -0.3 is 5.21 Å². The highest BCUT2D eigenvalue weighted by molar-refractivity contribution is 5.99. The number of hydrogen-bond donors (Lipinski definition) is 2. The molecule has 3 rings (SSSR count). The first-order valence-corrected chi connectivity index (χ1v) is 6.47. The largest absolute Gasteiger partial charge is 0.586 e. The Labute approximate surface area is 117 Å².